The zero-order valence-electron chi connectivity index (χ0n) is 11.0. The van der Waals surface area contributed by atoms with Gasteiger partial charge < -0.3 is 9.80 Å². The van der Waals surface area contributed by atoms with E-state index >= 15 is 0 Å². The monoisotopic (exact) mass is 274 g/mol. The Balaban J connectivity index is 2.13. The first kappa shape index (κ1) is 14.0. The maximum absolute atomic E-state index is 12.6. The minimum Gasteiger partial charge on any atom is -0.356 e. The van der Waals surface area contributed by atoms with Gasteiger partial charge in [-0.1, -0.05) is 0 Å². The molecule has 1 saturated heterocycles. The topological polar surface area (TPSA) is 32.3 Å². The van der Waals surface area contributed by atoms with Gasteiger partial charge in [-0.3, -0.25) is 0 Å². The summed E-state index contributed by atoms with van der Waals surface area (Å²) < 4.78 is 37.8. The van der Waals surface area contributed by atoms with E-state index in [1.54, 1.807) is 7.05 Å². The number of halogens is 3. The molecule has 4 nitrogen and oxygen atoms in total. The van der Waals surface area contributed by atoms with E-state index < -0.39 is 11.9 Å². The van der Waals surface area contributed by atoms with Crippen molar-refractivity contribution in [3.8, 4) is 0 Å². The van der Waals surface area contributed by atoms with Crippen LogP contribution in [0.1, 0.15) is 18.5 Å². The van der Waals surface area contributed by atoms with Gasteiger partial charge in [0.1, 0.15) is 17.8 Å². The van der Waals surface area contributed by atoms with Gasteiger partial charge in [-0.15, -0.1) is 0 Å². The van der Waals surface area contributed by atoms with Gasteiger partial charge in [0.05, 0.1) is 0 Å². The van der Waals surface area contributed by atoms with Gasteiger partial charge in [0.15, 0.2) is 0 Å². The van der Waals surface area contributed by atoms with Gasteiger partial charge in [0, 0.05) is 19.2 Å². The maximum atomic E-state index is 12.6. The van der Waals surface area contributed by atoms with Crippen molar-refractivity contribution in [1.29, 1.82) is 0 Å². The number of anilines is 1. The van der Waals surface area contributed by atoms with E-state index in [0.717, 1.165) is 38.3 Å². The Morgan fingerprint density at radius 2 is 1.89 bits per heavy atom. The lowest BCUT2D eigenvalue weighted by molar-refractivity contribution is -0.141. The summed E-state index contributed by atoms with van der Waals surface area (Å²) in [4.78, 5) is 11.3. The lowest BCUT2D eigenvalue weighted by atomic mass is 10.0. The highest BCUT2D eigenvalue weighted by Gasteiger charge is 2.33. The molecule has 2 heterocycles. The molecule has 7 heteroatoms. The fraction of sp³-hybridized carbons (Fsp3) is 0.667. The molecule has 0 amide bonds. The van der Waals surface area contributed by atoms with Crippen molar-refractivity contribution in [2.24, 2.45) is 0 Å². The van der Waals surface area contributed by atoms with Gasteiger partial charge in [0.2, 0.25) is 0 Å². The number of hydrogen-bond donors (Lipinski definition) is 0. The van der Waals surface area contributed by atoms with Crippen molar-refractivity contribution >= 4 is 5.82 Å². The molecule has 0 N–H and O–H groups in total. The predicted octanol–water partition coefficient (Wildman–Crippen LogP) is 2.03. The first-order chi connectivity index (χ1) is 8.88. The molecule has 0 aromatic carbocycles. The van der Waals surface area contributed by atoms with Crippen molar-refractivity contribution < 1.29 is 13.2 Å². The van der Waals surface area contributed by atoms with Crippen LogP contribution in [-0.4, -0.2) is 48.1 Å². The Hall–Kier alpha value is -1.37. The highest BCUT2D eigenvalue weighted by molar-refractivity contribution is 5.39. The van der Waals surface area contributed by atoms with Crippen LogP contribution in [0.15, 0.2) is 12.4 Å². The van der Waals surface area contributed by atoms with Gasteiger partial charge in [-0.25, -0.2) is 9.97 Å². The minimum absolute atomic E-state index is 0.229. The van der Waals surface area contributed by atoms with Crippen LogP contribution < -0.4 is 4.90 Å². The van der Waals surface area contributed by atoms with Crippen molar-refractivity contribution in [3.63, 3.8) is 0 Å². The van der Waals surface area contributed by atoms with Gasteiger partial charge in [-0.2, -0.15) is 13.2 Å². The SMILES string of the molecule is CN1CCC(N(C)c2cc(C(F)(F)F)ncn2)CC1. The van der Waals surface area contributed by atoms with E-state index in [-0.39, 0.29) is 6.04 Å². The maximum Gasteiger partial charge on any atom is 0.433 e. The molecule has 2 rings (SSSR count). The molecule has 1 fully saturated rings. The quantitative estimate of drug-likeness (QED) is 0.826. The van der Waals surface area contributed by atoms with E-state index in [1.807, 2.05) is 11.9 Å². The van der Waals surface area contributed by atoms with Crippen LogP contribution >= 0.6 is 0 Å². The van der Waals surface area contributed by atoms with E-state index in [0.29, 0.717) is 5.82 Å². The first-order valence-electron chi connectivity index (χ1n) is 6.18. The number of nitrogens with zero attached hydrogens (tertiary/aromatic N) is 4. The first-order valence-corrected chi connectivity index (χ1v) is 6.18. The predicted molar refractivity (Wildman–Crippen MR) is 66.0 cm³/mol. The minimum atomic E-state index is -4.43. The lowest BCUT2D eigenvalue weighted by Gasteiger charge is -2.35. The third kappa shape index (κ3) is 3.34. The lowest BCUT2D eigenvalue weighted by Crippen LogP contribution is -2.42. The van der Waals surface area contributed by atoms with Gasteiger partial charge >= 0.3 is 6.18 Å². The Morgan fingerprint density at radius 1 is 1.26 bits per heavy atom. The summed E-state index contributed by atoms with van der Waals surface area (Å²) in [6.07, 6.45) is -1.59. The number of rotatable bonds is 2. The van der Waals surface area contributed by atoms with Crippen molar-refractivity contribution in [3.05, 3.63) is 18.1 Å². The number of alkyl halides is 3. The van der Waals surface area contributed by atoms with Crippen LogP contribution in [0.4, 0.5) is 19.0 Å². The van der Waals surface area contributed by atoms with Crippen LogP contribution in [0.5, 0.6) is 0 Å². The second-order valence-corrected chi connectivity index (χ2v) is 4.90. The highest BCUT2D eigenvalue weighted by atomic mass is 19.4. The molecule has 0 spiro atoms. The highest BCUT2D eigenvalue weighted by Crippen LogP contribution is 2.29. The van der Waals surface area contributed by atoms with Crippen LogP contribution in [-0.2, 0) is 6.18 Å². The molecular formula is C12H17F3N4. The molecule has 1 aromatic heterocycles. The number of hydrogen-bond acceptors (Lipinski definition) is 4. The number of piperidine rings is 1. The molecule has 106 valence electrons. The molecule has 0 bridgehead atoms. The zero-order valence-corrected chi connectivity index (χ0v) is 11.0. The average molecular weight is 274 g/mol. The third-order valence-electron chi connectivity index (χ3n) is 3.54. The summed E-state index contributed by atoms with van der Waals surface area (Å²) in [6.45, 7) is 1.90. The fourth-order valence-corrected chi connectivity index (χ4v) is 2.26. The van der Waals surface area contributed by atoms with Crippen molar-refractivity contribution in [1.82, 2.24) is 14.9 Å². The summed E-state index contributed by atoms with van der Waals surface area (Å²) in [5.74, 6) is 0.330. The van der Waals surface area contributed by atoms with E-state index in [1.165, 1.54) is 0 Å². The van der Waals surface area contributed by atoms with Crippen molar-refractivity contribution in [2.75, 3.05) is 32.1 Å². The second kappa shape index (κ2) is 5.32. The Bertz CT molecular complexity index is 427. The average Bonchev–Trinajstić information content (AvgIpc) is 2.38. The van der Waals surface area contributed by atoms with Crippen LogP contribution in [0.3, 0.4) is 0 Å². The largest absolute Gasteiger partial charge is 0.433 e. The number of aromatic nitrogens is 2. The smallest absolute Gasteiger partial charge is 0.356 e. The molecule has 0 radical (unpaired) electrons. The standard InChI is InChI=1S/C12H17F3N4/c1-18-5-3-9(4-6-18)19(2)11-7-10(12(13,14)15)16-8-17-11/h7-9H,3-6H2,1-2H3. The zero-order chi connectivity index (χ0) is 14.0. The summed E-state index contributed by atoms with van der Waals surface area (Å²) in [5, 5.41) is 0. The molecule has 0 atom stereocenters. The van der Waals surface area contributed by atoms with E-state index in [2.05, 4.69) is 14.9 Å². The summed E-state index contributed by atoms with van der Waals surface area (Å²) in [5.41, 5.74) is -0.891. The van der Waals surface area contributed by atoms with E-state index in [4.69, 9.17) is 0 Å². The molecule has 0 saturated carbocycles. The van der Waals surface area contributed by atoms with Gasteiger partial charge in [-0.05, 0) is 33.0 Å². The molecule has 0 aliphatic carbocycles. The summed E-state index contributed by atoms with van der Waals surface area (Å²) >= 11 is 0. The third-order valence-corrected chi connectivity index (χ3v) is 3.54. The molecular weight excluding hydrogens is 257 g/mol. The summed E-state index contributed by atoms with van der Waals surface area (Å²) in [6, 6.07) is 1.24. The molecule has 0 unspecified atom stereocenters. The number of likely N-dealkylation sites (tertiary alicyclic amines) is 1. The van der Waals surface area contributed by atoms with E-state index in [9.17, 15) is 13.2 Å². The Kier molecular flexibility index (Phi) is 3.93. The molecule has 1 aliphatic heterocycles. The Labute approximate surface area is 110 Å². The summed E-state index contributed by atoms with van der Waals surface area (Å²) in [7, 11) is 3.83. The fourth-order valence-electron chi connectivity index (χ4n) is 2.26. The van der Waals surface area contributed by atoms with Gasteiger partial charge in [0.25, 0.3) is 0 Å². The van der Waals surface area contributed by atoms with Crippen LogP contribution in [0.25, 0.3) is 0 Å². The van der Waals surface area contributed by atoms with Crippen LogP contribution in [0, 0.1) is 0 Å². The normalized spacial score (nSPS) is 18.6. The second-order valence-electron chi connectivity index (χ2n) is 4.90. The van der Waals surface area contributed by atoms with Crippen LogP contribution in [0.2, 0.25) is 0 Å². The Morgan fingerprint density at radius 3 is 2.47 bits per heavy atom. The molecule has 1 aliphatic rings. The molecule has 1 aromatic rings. The van der Waals surface area contributed by atoms with Crippen molar-refractivity contribution in [2.45, 2.75) is 25.1 Å². The molecule has 19 heavy (non-hydrogen) atoms.